The summed E-state index contributed by atoms with van der Waals surface area (Å²) in [4.78, 5) is 15.0. The van der Waals surface area contributed by atoms with Crippen LogP contribution in [0.25, 0.3) is 0 Å². The fraction of sp³-hybridized carbons (Fsp3) is 0.571. The Morgan fingerprint density at radius 3 is 3.00 bits per heavy atom. The lowest BCUT2D eigenvalue weighted by atomic mass is 9.93. The van der Waals surface area contributed by atoms with E-state index < -0.39 is 5.97 Å². The van der Waals surface area contributed by atoms with Gasteiger partial charge in [-0.05, 0) is 25.0 Å². The Bertz CT molecular complexity index is 484. The Hall–Kier alpha value is -1.11. The standard InChI is InChI=1S/C14H17NO4S/c16-13(17)10-1-2-12(15-8-10)20-11-3-5-19-14(7-11)4-6-18-9-14/h1-2,8,11H,3-7,9H2,(H,16,17). The first kappa shape index (κ1) is 13.9. The number of rotatable bonds is 3. The first-order valence-corrected chi connectivity index (χ1v) is 7.63. The second-order valence-corrected chi connectivity index (χ2v) is 6.58. The smallest absolute Gasteiger partial charge is 0.337 e. The number of carbonyl (C=O) groups is 1. The zero-order valence-electron chi connectivity index (χ0n) is 11.1. The minimum absolute atomic E-state index is 0.100. The van der Waals surface area contributed by atoms with Gasteiger partial charge in [-0.1, -0.05) is 0 Å². The largest absolute Gasteiger partial charge is 0.478 e. The molecular weight excluding hydrogens is 278 g/mol. The van der Waals surface area contributed by atoms with Crippen LogP contribution in [0, 0.1) is 0 Å². The van der Waals surface area contributed by atoms with Gasteiger partial charge >= 0.3 is 5.97 Å². The van der Waals surface area contributed by atoms with Gasteiger partial charge in [-0.25, -0.2) is 9.78 Å². The summed E-state index contributed by atoms with van der Waals surface area (Å²) >= 11 is 1.71. The summed E-state index contributed by atoms with van der Waals surface area (Å²) in [7, 11) is 0. The third-order valence-electron chi connectivity index (χ3n) is 3.79. The molecule has 0 radical (unpaired) electrons. The number of pyridine rings is 1. The average Bonchev–Trinajstić information content (AvgIpc) is 2.87. The van der Waals surface area contributed by atoms with Crippen LogP contribution in [0.1, 0.15) is 29.6 Å². The Morgan fingerprint density at radius 1 is 1.45 bits per heavy atom. The summed E-state index contributed by atoms with van der Waals surface area (Å²) in [5, 5.41) is 10.2. The van der Waals surface area contributed by atoms with Crippen LogP contribution < -0.4 is 0 Å². The number of thioether (sulfide) groups is 1. The van der Waals surface area contributed by atoms with E-state index in [-0.39, 0.29) is 11.2 Å². The molecule has 2 aliphatic heterocycles. The summed E-state index contributed by atoms with van der Waals surface area (Å²) in [5.74, 6) is -0.942. The maximum absolute atomic E-state index is 10.8. The molecule has 5 nitrogen and oxygen atoms in total. The second-order valence-electron chi connectivity index (χ2n) is 5.26. The first-order chi connectivity index (χ1) is 9.67. The van der Waals surface area contributed by atoms with Crippen LogP contribution in [0.4, 0.5) is 0 Å². The highest BCUT2D eigenvalue weighted by molar-refractivity contribution is 7.99. The topological polar surface area (TPSA) is 68.7 Å². The van der Waals surface area contributed by atoms with Crippen LogP contribution in [0.2, 0.25) is 0 Å². The van der Waals surface area contributed by atoms with Crippen molar-refractivity contribution in [2.45, 2.75) is 35.1 Å². The van der Waals surface area contributed by atoms with Gasteiger partial charge in [0.2, 0.25) is 0 Å². The lowest BCUT2D eigenvalue weighted by Crippen LogP contribution is -2.41. The van der Waals surface area contributed by atoms with Crippen molar-refractivity contribution >= 4 is 17.7 Å². The van der Waals surface area contributed by atoms with Crippen molar-refractivity contribution in [3.8, 4) is 0 Å². The van der Waals surface area contributed by atoms with Crippen molar-refractivity contribution in [3.63, 3.8) is 0 Å². The van der Waals surface area contributed by atoms with Crippen molar-refractivity contribution in [2.75, 3.05) is 19.8 Å². The summed E-state index contributed by atoms with van der Waals surface area (Å²) in [5.41, 5.74) is 0.124. The van der Waals surface area contributed by atoms with Crippen LogP contribution >= 0.6 is 11.8 Å². The first-order valence-electron chi connectivity index (χ1n) is 6.75. The van der Waals surface area contributed by atoms with E-state index in [1.807, 2.05) is 0 Å². The number of aromatic carboxylic acids is 1. The number of aromatic nitrogens is 1. The molecule has 1 N–H and O–H groups in total. The fourth-order valence-corrected chi connectivity index (χ4v) is 3.90. The maximum Gasteiger partial charge on any atom is 0.337 e. The van der Waals surface area contributed by atoms with Gasteiger partial charge in [0.1, 0.15) is 0 Å². The summed E-state index contributed by atoms with van der Waals surface area (Å²) in [6.45, 7) is 2.23. The highest BCUT2D eigenvalue weighted by Crippen LogP contribution is 2.39. The quantitative estimate of drug-likeness (QED) is 0.922. The van der Waals surface area contributed by atoms with E-state index in [4.69, 9.17) is 14.6 Å². The van der Waals surface area contributed by atoms with Gasteiger partial charge in [-0.3, -0.25) is 0 Å². The molecule has 0 aliphatic carbocycles. The molecule has 0 bridgehead atoms. The van der Waals surface area contributed by atoms with Gasteiger partial charge in [0.05, 0.1) is 22.8 Å². The molecule has 2 fully saturated rings. The zero-order valence-corrected chi connectivity index (χ0v) is 11.9. The highest BCUT2D eigenvalue weighted by atomic mass is 32.2. The number of hydrogen-bond donors (Lipinski definition) is 1. The lowest BCUT2D eigenvalue weighted by Gasteiger charge is -2.36. The van der Waals surface area contributed by atoms with Crippen molar-refractivity contribution in [3.05, 3.63) is 23.9 Å². The van der Waals surface area contributed by atoms with Crippen molar-refractivity contribution in [2.24, 2.45) is 0 Å². The van der Waals surface area contributed by atoms with Gasteiger partial charge in [0, 0.05) is 31.1 Å². The molecular formula is C14H17NO4S. The molecule has 0 saturated carbocycles. The minimum atomic E-state index is -0.942. The lowest BCUT2D eigenvalue weighted by molar-refractivity contribution is -0.0769. The van der Waals surface area contributed by atoms with Crippen LogP contribution in [-0.4, -0.2) is 46.7 Å². The summed E-state index contributed by atoms with van der Waals surface area (Å²) < 4.78 is 11.4. The van der Waals surface area contributed by atoms with Crippen LogP contribution in [0.15, 0.2) is 23.4 Å². The molecule has 2 saturated heterocycles. The van der Waals surface area contributed by atoms with Crippen molar-refractivity contribution in [1.82, 2.24) is 4.98 Å². The highest BCUT2D eigenvalue weighted by Gasteiger charge is 2.41. The zero-order chi connectivity index (χ0) is 14.0. The Morgan fingerprint density at radius 2 is 2.35 bits per heavy atom. The van der Waals surface area contributed by atoms with Crippen LogP contribution in [0.5, 0.6) is 0 Å². The van der Waals surface area contributed by atoms with E-state index in [0.717, 1.165) is 37.5 Å². The number of hydrogen-bond acceptors (Lipinski definition) is 5. The van der Waals surface area contributed by atoms with E-state index in [2.05, 4.69) is 4.98 Å². The maximum atomic E-state index is 10.8. The Balaban J connectivity index is 1.63. The van der Waals surface area contributed by atoms with E-state index in [1.54, 1.807) is 23.9 Å². The monoisotopic (exact) mass is 295 g/mol. The molecule has 1 aromatic heterocycles. The molecule has 1 spiro atoms. The van der Waals surface area contributed by atoms with Gasteiger partial charge in [0.25, 0.3) is 0 Å². The molecule has 3 heterocycles. The van der Waals surface area contributed by atoms with Crippen LogP contribution in [-0.2, 0) is 9.47 Å². The second kappa shape index (κ2) is 5.71. The molecule has 108 valence electrons. The summed E-state index contributed by atoms with van der Waals surface area (Å²) in [6, 6.07) is 3.38. The van der Waals surface area contributed by atoms with E-state index in [0.29, 0.717) is 11.9 Å². The fourth-order valence-electron chi connectivity index (χ4n) is 2.69. The normalized spacial score (nSPS) is 29.7. The minimum Gasteiger partial charge on any atom is -0.478 e. The third-order valence-corrected chi connectivity index (χ3v) is 5.00. The Labute approximate surface area is 121 Å². The molecule has 0 amide bonds. The molecule has 6 heteroatoms. The average molecular weight is 295 g/mol. The predicted molar refractivity (Wildman–Crippen MR) is 74.2 cm³/mol. The molecule has 2 atom stereocenters. The van der Waals surface area contributed by atoms with Gasteiger partial charge in [0.15, 0.2) is 0 Å². The van der Waals surface area contributed by atoms with Gasteiger partial charge in [-0.2, -0.15) is 0 Å². The van der Waals surface area contributed by atoms with Crippen molar-refractivity contribution in [1.29, 1.82) is 0 Å². The van der Waals surface area contributed by atoms with Crippen molar-refractivity contribution < 1.29 is 19.4 Å². The SMILES string of the molecule is O=C(O)c1ccc(SC2CCOC3(CCOC3)C2)nc1. The molecule has 1 aromatic rings. The van der Waals surface area contributed by atoms with Gasteiger partial charge < -0.3 is 14.6 Å². The molecule has 2 aliphatic rings. The number of ether oxygens (including phenoxy) is 2. The van der Waals surface area contributed by atoms with E-state index >= 15 is 0 Å². The van der Waals surface area contributed by atoms with Gasteiger partial charge in [-0.15, -0.1) is 11.8 Å². The van der Waals surface area contributed by atoms with E-state index in [9.17, 15) is 4.79 Å². The Kier molecular flexibility index (Phi) is 3.96. The summed E-state index contributed by atoms with van der Waals surface area (Å²) in [6.07, 6.45) is 4.35. The number of carboxylic acids is 1. The van der Waals surface area contributed by atoms with Crippen LogP contribution in [0.3, 0.4) is 0 Å². The molecule has 3 rings (SSSR count). The number of carboxylic acid groups (broad SMARTS) is 1. The third kappa shape index (κ3) is 2.97. The molecule has 0 aromatic carbocycles. The predicted octanol–water partition coefficient (Wildman–Crippen LogP) is 2.21. The molecule has 20 heavy (non-hydrogen) atoms. The molecule has 2 unspecified atom stereocenters. The van der Waals surface area contributed by atoms with E-state index in [1.165, 1.54) is 6.20 Å². The number of nitrogens with zero attached hydrogens (tertiary/aromatic N) is 1.